The van der Waals surface area contributed by atoms with Gasteiger partial charge in [-0.25, -0.2) is 0 Å². The Kier molecular flexibility index (Phi) is 6.56. The second-order valence-corrected chi connectivity index (χ2v) is 9.06. The first-order valence-electron chi connectivity index (χ1n) is 9.15. The van der Waals surface area contributed by atoms with Gasteiger partial charge in [-0.1, -0.05) is 41.1 Å². The summed E-state index contributed by atoms with van der Waals surface area (Å²) in [5, 5.41) is 14.0. The number of halogens is 1. The molecule has 4 rings (SSSR count). The van der Waals surface area contributed by atoms with Crippen molar-refractivity contribution >= 4 is 62.8 Å². The summed E-state index contributed by atoms with van der Waals surface area (Å²) in [6.45, 7) is 0.975. The van der Waals surface area contributed by atoms with E-state index < -0.39 is 5.91 Å². The zero-order valence-corrected chi connectivity index (χ0v) is 18.4. The molecule has 1 aliphatic heterocycles. The van der Waals surface area contributed by atoms with Crippen LogP contribution in [0.5, 0.6) is 0 Å². The van der Waals surface area contributed by atoms with Gasteiger partial charge in [0, 0.05) is 12.2 Å². The lowest BCUT2D eigenvalue weighted by Gasteiger charge is -2.23. The average molecular weight is 478 g/mol. The van der Waals surface area contributed by atoms with Gasteiger partial charge in [0.2, 0.25) is 10.1 Å². The van der Waals surface area contributed by atoms with Crippen LogP contribution in [0.25, 0.3) is 0 Å². The van der Waals surface area contributed by atoms with Gasteiger partial charge in [0.1, 0.15) is 6.61 Å². The Morgan fingerprint density at radius 2 is 1.97 bits per heavy atom. The molecule has 1 aromatic carbocycles. The van der Waals surface area contributed by atoms with Gasteiger partial charge >= 0.3 is 0 Å². The second-order valence-electron chi connectivity index (χ2n) is 6.39. The Balaban J connectivity index is 1.42. The molecule has 1 fully saturated rings. The minimum absolute atomic E-state index is 0.0160. The molecule has 1 saturated heterocycles. The van der Waals surface area contributed by atoms with Crippen molar-refractivity contribution in [2.24, 2.45) is 0 Å². The zero-order chi connectivity index (χ0) is 21.8. The first kappa shape index (κ1) is 21.4. The molecule has 0 unspecified atom stereocenters. The summed E-state index contributed by atoms with van der Waals surface area (Å²) in [5.74, 6) is -0.919. The van der Waals surface area contributed by atoms with Crippen LogP contribution in [0.15, 0.2) is 36.4 Å². The standard InChI is InChI=1S/C19H16ClN5O4S2/c20-14-6-5-13(30-14)16(27)21-9-11-3-1-2-4-12(11)22-17(28)18-23-24-19(31-18)25-7-8-29-10-15(25)26/h1-6H,7-10H2,(H,21,27)(H,22,28). The first-order valence-corrected chi connectivity index (χ1v) is 11.2. The lowest BCUT2D eigenvalue weighted by molar-refractivity contribution is -0.125. The van der Waals surface area contributed by atoms with Crippen molar-refractivity contribution in [2.45, 2.75) is 6.54 Å². The lowest BCUT2D eigenvalue weighted by atomic mass is 10.1. The van der Waals surface area contributed by atoms with Crippen molar-refractivity contribution < 1.29 is 19.1 Å². The lowest BCUT2D eigenvalue weighted by Crippen LogP contribution is -2.41. The third kappa shape index (κ3) is 5.07. The number of amides is 3. The number of hydrogen-bond donors (Lipinski definition) is 2. The van der Waals surface area contributed by atoms with Gasteiger partial charge in [0.05, 0.1) is 22.4 Å². The summed E-state index contributed by atoms with van der Waals surface area (Å²) >= 11 is 8.09. The average Bonchev–Trinajstić information content (AvgIpc) is 3.43. The number of thiophene rings is 1. The van der Waals surface area contributed by atoms with Crippen LogP contribution >= 0.6 is 34.3 Å². The molecular formula is C19H16ClN5O4S2. The number of morpholine rings is 1. The van der Waals surface area contributed by atoms with Crippen molar-refractivity contribution in [3.63, 3.8) is 0 Å². The van der Waals surface area contributed by atoms with Crippen LogP contribution < -0.4 is 15.5 Å². The number of hydrogen-bond acceptors (Lipinski definition) is 8. The minimum atomic E-state index is -0.451. The Labute approximate surface area is 190 Å². The molecule has 0 saturated carbocycles. The molecular weight excluding hydrogens is 462 g/mol. The monoisotopic (exact) mass is 477 g/mol. The predicted molar refractivity (Wildman–Crippen MR) is 118 cm³/mol. The molecule has 12 heteroatoms. The maximum atomic E-state index is 12.7. The quantitative estimate of drug-likeness (QED) is 0.564. The molecule has 0 bridgehead atoms. The molecule has 160 valence electrons. The van der Waals surface area contributed by atoms with E-state index in [4.69, 9.17) is 16.3 Å². The Bertz CT molecular complexity index is 1130. The van der Waals surface area contributed by atoms with Gasteiger partial charge < -0.3 is 15.4 Å². The molecule has 0 spiro atoms. The SMILES string of the molecule is O=C(NCc1ccccc1NC(=O)c1nnc(N2CCOCC2=O)s1)c1ccc(Cl)s1. The van der Waals surface area contributed by atoms with E-state index in [2.05, 4.69) is 20.8 Å². The Morgan fingerprint density at radius 1 is 1.13 bits per heavy atom. The van der Waals surface area contributed by atoms with Crippen molar-refractivity contribution in [2.75, 3.05) is 30.0 Å². The summed E-state index contributed by atoms with van der Waals surface area (Å²) in [7, 11) is 0. The van der Waals surface area contributed by atoms with Crippen LogP contribution in [-0.4, -0.2) is 47.7 Å². The van der Waals surface area contributed by atoms with Crippen LogP contribution in [0.2, 0.25) is 4.34 Å². The highest BCUT2D eigenvalue weighted by atomic mass is 35.5. The smallest absolute Gasteiger partial charge is 0.286 e. The summed E-state index contributed by atoms with van der Waals surface area (Å²) in [4.78, 5) is 38.8. The number of ether oxygens (including phenoxy) is 1. The highest BCUT2D eigenvalue weighted by Crippen LogP contribution is 2.24. The van der Waals surface area contributed by atoms with E-state index in [-0.39, 0.29) is 30.0 Å². The maximum absolute atomic E-state index is 12.7. The largest absolute Gasteiger partial charge is 0.370 e. The zero-order valence-electron chi connectivity index (χ0n) is 16.0. The molecule has 9 nitrogen and oxygen atoms in total. The van der Waals surface area contributed by atoms with Gasteiger partial charge in [0.15, 0.2) is 0 Å². The van der Waals surface area contributed by atoms with Gasteiger partial charge in [-0.2, -0.15) is 0 Å². The fourth-order valence-corrected chi connectivity index (χ4v) is 4.55. The summed E-state index contributed by atoms with van der Waals surface area (Å²) < 4.78 is 5.63. The highest BCUT2D eigenvalue weighted by Gasteiger charge is 2.25. The maximum Gasteiger partial charge on any atom is 0.286 e. The molecule has 3 heterocycles. The van der Waals surface area contributed by atoms with E-state index in [1.54, 1.807) is 30.3 Å². The van der Waals surface area contributed by atoms with E-state index in [1.807, 2.05) is 6.07 Å². The molecule has 3 amide bonds. The number of para-hydroxylation sites is 1. The number of aromatic nitrogens is 2. The van der Waals surface area contributed by atoms with Gasteiger partial charge in [-0.05, 0) is 23.8 Å². The van der Waals surface area contributed by atoms with Crippen LogP contribution in [0.3, 0.4) is 0 Å². The number of nitrogens with one attached hydrogen (secondary N) is 2. The number of benzene rings is 1. The fourth-order valence-electron chi connectivity index (χ4n) is 2.81. The van der Waals surface area contributed by atoms with E-state index >= 15 is 0 Å². The first-order chi connectivity index (χ1) is 15.0. The molecule has 0 radical (unpaired) electrons. The number of rotatable bonds is 6. The van der Waals surface area contributed by atoms with Crippen LogP contribution in [0.1, 0.15) is 25.0 Å². The normalized spacial score (nSPS) is 13.8. The number of nitrogens with zero attached hydrogens (tertiary/aromatic N) is 3. The van der Waals surface area contributed by atoms with Crippen molar-refractivity contribution in [3.8, 4) is 0 Å². The van der Waals surface area contributed by atoms with Gasteiger partial charge in [0.25, 0.3) is 17.7 Å². The van der Waals surface area contributed by atoms with E-state index in [9.17, 15) is 14.4 Å². The topological polar surface area (TPSA) is 114 Å². The van der Waals surface area contributed by atoms with Crippen LogP contribution in [-0.2, 0) is 16.1 Å². The molecule has 2 N–H and O–H groups in total. The fraction of sp³-hybridized carbons (Fsp3) is 0.211. The van der Waals surface area contributed by atoms with E-state index in [0.29, 0.717) is 33.2 Å². The molecule has 1 aliphatic rings. The van der Waals surface area contributed by atoms with Crippen molar-refractivity contribution in [1.29, 1.82) is 0 Å². The Morgan fingerprint density at radius 3 is 2.74 bits per heavy atom. The minimum Gasteiger partial charge on any atom is -0.370 e. The summed E-state index contributed by atoms with van der Waals surface area (Å²) in [6.07, 6.45) is 0. The molecule has 0 atom stereocenters. The molecule has 2 aromatic heterocycles. The van der Waals surface area contributed by atoms with Crippen molar-refractivity contribution in [3.05, 3.63) is 56.2 Å². The number of carbonyl (C=O) groups is 3. The second kappa shape index (κ2) is 9.52. The van der Waals surface area contributed by atoms with Gasteiger partial charge in [-0.15, -0.1) is 21.5 Å². The molecule has 31 heavy (non-hydrogen) atoms. The van der Waals surface area contributed by atoms with E-state index in [1.165, 1.54) is 16.2 Å². The summed E-state index contributed by atoms with van der Waals surface area (Å²) in [6, 6.07) is 10.4. The van der Waals surface area contributed by atoms with E-state index in [0.717, 1.165) is 16.9 Å². The summed E-state index contributed by atoms with van der Waals surface area (Å²) in [5.41, 5.74) is 1.26. The highest BCUT2D eigenvalue weighted by molar-refractivity contribution is 7.18. The molecule has 0 aliphatic carbocycles. The van der Waals surface area contributed by atoms with Crippen LogP contribution in [0, 0.1) is 0 Å². The third-order valence-corrected chi connectivity index (χ3v) is 6.50. The number of anilines is 2. The Hall–Kier alpha value is -2.86. The number of carbonyl (C=O) groups excluding carboxylic acids is 3. The molecule has 3 aromatic rings. The van der Waals surface area contributed by atoms with Crippen molar-refractivity contribution in [1.82, 2.24) is 15.5 Å². The van der Waals surface area contributed by atoms with Crippen LogP contribution in [0.4, 0.5) is 10.8 Å². The predicted octanol–water partition coefficient (Wildman–Crippen LogP) is 2.80. The third-order valence-electron chi connectivity index (χ3n) is 4.33. The van der Waals surface area contributed by atoms with Gasteiger partial charge in [-0.3, -0.25) is 19.3 Å².